The van der Waals surface area contributed by atoms with E-state index in [1.54, 1.807) is 0 Å². The molecular weight excluding hydrogens is 784 g/mol. The highest BCUT2D eigenvalue weighted by Crippen LogP contribution is 2.70. The summed E-state index contributed by atoms with van der Waals surface area (Å²) in [5.41, 5.74) is -1.82. The van der Waals surface area contributed by atoms with E-state index in [2.05, 4.69) is 27.7 Å². The second-order valence-electron chi connectivity index (χ2n) is 19.0. The molecule has 2 heterocycles. The van der Waals surface area contributed by atoms with Gasteiger partial charge in [0, 0.05) is 25.4 Å². The van der Waals surface area contributed by atoms with Gasteiger partial charge in [0.1, 0.15) is 36.6 Å². The van der Waals surface area contributed by atoms with Gasteiger partial charge in [-0.2, -0.15) is 8.42 Å². The molecule has 6 aliphatic rings. The molecule has 4 aliphatic carbocycles. The van der Waals surface area contributed by atoms with Gasteiger partial charge >= 0.3 is 10.4 Å². The number of fused-ring (bicyclic) bond motifs is 5. The molecule has 0 aromatic heterocycles. The summed E-state index contributed by atoms with van der Waals surface area (Å²) in [7, 11) is -3.65. The minimum absolute atomic E-state index is 0.00593. The summed E-state index contributed by atoms with van der Waals surface area (Å²) >= 11 is 0. The molecule has 0 unspecified atom stereocenters. The van der Waals surface area contributed by atoms with Crippen molar-refractivity contribution in [3.05, 3.63) is 11.6 Å². The molecule has 0 bridgehead atoms. The van der Waals surface area contributed by atoms with Gasteiger partial charge in [-0.15, -0.1) is 0 Å². The van der Waals surface area contributed by atoms with E-state index in [1.807, 2.05) is 13.0 Å². The SMILES string of the molecule is CO[C@H]1[C@H](O[C@H]2[C@H](OC/C=C(\CC[C@@H](C)[C@H]3C[C@@H](O)[C@@H]4[C@]3(C)CC[C@@H]3[C@@]5(C)CC[C@H](O)[C@H](O)[C@@H]5[C@@H](OS(=O)(=O)O)C[C@]34O)C(C)C)OC[C@@H](O)[C@@H]2O)OC[C@@H](O)[C@@H]1O. The molecule has 0 amide bonds. The Balaban J connectivity index is 1.13. The lowest BCUT2D eigenvalue weighted by atomic mass is 9.41. The fourth-order valence-electron chi connectivity index (χ4n) is 12.5. The molecule has 336 valence electrons. The van der Waals surface area contributed by atoms with Gasteiger partial charge in [-0.1, -0.05) is 46.3 Å². The van der Waals surface area contributed by atoms with E-state index in [4.69, 9.17) is 27.9 Å². The van der Waals surface area contributed by atoms with Gasteiger partial charge in [-0.05, 0) is 79.4 Å². The zero-order valence-electron chi connectivity index (χ0n) is 34.4. The minimum atomic E-state index is -4.98. The van der Waals surface area contributed by atoms with Crippen LogP contribution in [0.5, 0.6) is 0 Å². The van der Waals surface area contributed by atoms with Gasteiger partial charge in [-0.25, -0.2) is 4.18 Å². The Morgan fingerprint density at radius 2 is 1.47 bits per heavy atom. The Bertz CT molecular complexity index is 1550. The number of aliphatic hydroxyl groups is 8. The van der Waals surface area contributed by atoms with Crippen LogP contribution in [0.3, 0.4) is 0 Å². The number of hydrogen-bond donors (Lipinski definition) is 9. The van der Waals surface area contributed by atoms with Crippen molar-refractivity contribution in [3.63, 3.8) is 0 Å². The van der Waals surface area contributed by atoms with Crippen LogP contribution in [0.4, 0.5) is 0 Å². The Morgan fingerprint density at radius 3 is 2.09 bits per heavy atom. The average Bonchev–Trinajstić information content (AvgIpc) is 3.42. The summed E-state index contributed by atoms with van der Waals surface area (Å²) in [6, 6.07) is 0. The molecule has 6 rings (SSSR count). The third-order valence-electron chi connectivity index (χ3n) is 15.4. The molecule has 2 saturated heterocycles. The van der Waals surface area contributed by atoms with Crippen molar-refractivity contribution >= 4 is 10.4 Å². The van der Waals surface area contributed by atoms with Crippen molar-refractivity contribution < 1.29 is 81.7 Å². The second-order valence-corrected chi connectivity index (χ2v) is 20.0. The van der Waals surface area contributed by atoms with Crippen molar-refractivity contribution in [1.29, 1.82) is 0 Å². The average molecular weight is 853 g/mol. The van der Waals surface area contributed by atoms with E-state index in [0.717, 1.165) is 12.0 Å². The first-order valence-electron chi connectivity index (χ1n) is 20.9. The maximum absolute atomic E-state index is 12.8. The van der Waals surface area contributed by atoms with Crippen LogP contribution in [0.2, 0.25) is 0 Å². The Kier molecular flexibility index (Phi) is 14.2. The van der Waals surface area contributed by atoms with Gasteiger partial charge in [0.15, 0.2) is 12.6 Å². The Hall–Kier alpha value is -0.910. The lowest BCUT2D eigenvalue weighted by Crippen LogP contribution is -2.71. The number of aliphatic hydroxyl groups excluding tert-OH is 7. The summed E-state index contributed by atoms with van der Waals surface area (Å²) in [6.07, 6.45) is -8.79. The summed E-state index contributed by atoms with van der Waals surface area (Å²) in [5, 5.41) is 88.1. The zero-order chi connectivity index (χ0) is 42.7. The van der Waals surface area contributed by atoms with Crippen LogP contribution in [-0.2, 0) is 38.3 Å². The predicted octanol–water partition coefficient (Wildman–Crippen LogP) is 0.432. The van der Waals surface area contributed by atoms with Crippen molar-refractivity contribution in [2.45, 2.75) is 165 Å². The quantitative estimate of drug-likeness (QED) is 0.0898. The van der Waals surface area contributed by atoms with E-state index in [0.29, 0.717) is 32.1 Å². The largest absolute Gasteiger partial charge is 0.397 e. The number of hydrogen-bond acceptors (Lipinski definition) is 16. The third kappa shape index (κ3) is 8.70. The molecule has 18 heteroatoms. The summed E-state index contributed by atoms with van der Waals surface area (Å²) < 4.78 is 67.7. The van der Waals surface area contributed by atoms with Gasteiger partial charge in [-0.3, -0.25) is 4.55 Å². The van der Waals surface area contributed by atoms with Gasteiger partial charge in [0.05, 0.1) is 49.8 Å². The second kappa shape index (κ2) is 17.7. The summed E-state index contributed by atoms with van der Waals surface area (Å²) in [4.78, 5) is 0. The molecule has 0 aromatic rings. The van der Waals surface area contributed by atoms with Crippen LogP contribution in [0, 0.1) is 46.3 Å². The van der Waals surface area contributed by atoms with Crippen molar-refractivity contribution in [2.24, 2.45) is 46.3 Å². The summed E-state index contributed by atoms with van der Waals surface area (Å²) in [6.45, 7) is 9.95. The number of ether oxygens (including phenoxy) is 5. The topological polar surface area (TPSA) is 272 Å². The monoisotopic (exact) mass is 852 g/mol. The normalized spacial score (nSPS) is 49.3. The lowest BCUT2D eigenvalue weighted by Gasteiger charge is -2.66. The maximum atomic E-state index is 12.8. The Morgan fingerprint density at radius 1 is 0.845 bits per heavy atom. The van der Waals surface area contributed by atoms with Gasteiger partial charge in [0.2, 0.25) is 0 Å². The van der Waals surface area contributed by atoms with E-state index in [-0.39, 0.29) is 50.4 Å². The third-order valence-corrected chi connectivity index (χ3v) is 15.9. The van der Waals surface area contributed by atoms with Crippen LogP contribution in [-0.4, -0.2) is 160 Å². The molecule has 17 nitrogen and oxygen atoms in total. The molecule has 2 aliphatic heterocycles. The van der Waals surface area contributed by atoms with Crippen LogP contribution < -0.4 is 0 Å². The smallest absolute Gasteiger partial charge is 0.393 e. The number of rotatable bonds is 13. The molecular formula is C40H68O17S. The first kappa shape index (κ1) is 46.6. The van der Waals surface area contributed by atoms with E-state index in [9.17, 15) is 53.8 Å². The molecule has 58 heavy (non-hydrogen) atoms. The van der Waals surface area contributed by atoms with Crippen molar-refractivity contribution in [2.75, 3.05) is 26.9 Å². The van der Waals surface area contributed by atoms with E-state index in [1.165, 1.54) is 7.11 Å². The molecule has 0 radical (unpaired) electrons. The first-order valence-corrected chi connectivity index (χ1v) is 22.3. The molecule has 4 saturated carbocycles. The van der Waals surface area contributed by atoms with Gasteiger partial charge < -0.3 is 64.5 Å². The van der Waals surface area contributed by atoms with Crippen LogP contribution in [0.15, 0.2) is 11.6 Å². The predicted molar refractivity (Wildman–Crippen MR) is 204 cm³/mol. The molecule has 0 aromatic carbocycles. The number of allylic oxidation sites excluding steroid dienone is 1. The standard InChI is InChI=1S/C40H68O17S/c1-19(2)21(11-14-53-36-34(32(47)26(44)17-54-36)56-37-33(52-6)31(46)25(43)18-55-37)8-7-20(3)22-15-24(42)35-38(22,4)13-10-28-39(5)12-9-23(41)30(45)29(39)27(16-40(28,35)48)57-58(49,50)51/h11,19-20,22-37,41-48H,7-10,12-18H2,1-6H3,(H,49,50,51)/b21-11+/t20-,22-,23+,24-,25-,26-,27+,28-,29+,30+,31+,32+,33-,34-,35-,36-,37+,38-,39-,40+/m1/s1. The molecule has 9 N–H and O–H groups in total. The number of methoxy groups -OCH3 is 1. The van der Waals surface area contributed by atoms with Crippen LogP contribution in [0.25, 0.3) is 0 Å². The fourth-order valence-corrected chi connectivity index (χ4v) is 13.0. The van der Waals surface area contributed by atoms with E-state index < -0.39 is 118 Å². The van der Waals surface area contributed by atoms with E-state index >= 15 is 0 Å². The van der Waals surface area contributed by atoms with Crippen molar-refractivity contribution in [3.8, 4) is 0 Å². The highest BCUT2D eigenvalue weighted by molar-refractivity contribution is 7.80. The highest BCUT2D eigenvalue weighted by atomic mass is 32.3. The summed E-state index contributed by atoms with van der Waals surface area (Å²) in [5.74, 6) is -1.65. The first-order chi connectivity index (χ1) is 27.1. The lowest BCUT2D eigenvalue weighted by molar-refractivity contribution is -0.344. The van der Waals surface area contributed by atoms with Gasteiger partial charge in [0.25, 0.3) is 0 Å². The molecule has 20 atom stereocenters. The maximum Gasteiger partial charge on any atom is 0.397 e. The molecule has 0 spiro atoms. The van der Waals surface area contributed by atoms with Crippen LogP contribution in [0.1, 0.15) is 86.0 Å². The van der Waals surface area contributed by atoms with Crippen molar-refractivity contribution in [1.82, 2.24) is 0 Å². The fraction of sp³-hybridized carbons (Fsp3) is 0.950. The minimum Gasteiger partial charge on any atom is -0.393 e. The zero-order valence-corrected chi connectivity index (χ0v) is 35.3. The Labute approximate surface area is 341 Å². The van der Waals surface area contributed by atoms with Crippen LogP contribution >= 0.6 is 0 Å². The molecule has 6 fully saturated rings. The highest BCUT2D eigenvalue weighted by Gasteiger charge is 2.72.